The summed E-state index contributed by atoms with van der Waals surface area (Å²) in [6, 6.07) is 12.9. The zero-order chi connectivity index (χ0) is 22.4. The first-order valence-electron chi connectivity index (χ1n) is 9.23. The third-order valence-electron chi connectivity index (χ3n) is 4.31. The minimum absolute atomic E-state index is 0.0477. The average molecular weight is 440 g/mol. The van der Waals surface area contributed by atoms with Crippen molar-refractivity contribution in [2.75, 3.05) is 11.1 Å². The molecule has 31 heavy (non-hydrogen) atoms. The minimum Gasteiger partial charge on any atom is -0.345 e. The van der Waals surface area contributed by atoms with Crippen LogP contribution in [0.5, 0.6) is 0 Å². The van der Waals surface area contributed by atoms with Gasteiger partial charge in [0, 0.05) is 30.4 Å². The maximum atomic E-state index is 12.3. The molecule has 1 heterocycles. The van der Waals surface area contributed by atoms with Crippen molar-refractivity contribution in [2.24, 2.45) is 7.05 Å². The van der Waals surface area contributed by atoms with Crippen LogP contribution in [0.3, 0.4) is 0 Å². The molecular weight excluding hydrogens is 420 g/mol. The molecule has 0 bridgehead atoms. The van der Waals surface area contributed by atoms with Crippen molar-refractivity contribution in [3.63, 3.8) is 0 Å². The van der Waals surface area contributed by atoms with Gasteiger partial charge >= 0.3 is 0 Å². The molecule has 0 unspecified atom stereocenters. The van der Waals surface area contributed by atoms with E-state index in [9.17, 15) is 19.7 Å². The Bertz CT molecular complexity index is 1110. The number of carbonyl (C=O) groups excluding carboxylic acids is 2. The maximum Gasteiger partial charge on any atom is 0.269 e. The number of hydrogen-bond acceptors (Lipinski definition) is 7. The summed E-state index contributed by atoms with van der Waals surface area (Å²) in [4.78, 5) is 34.6. The predicted molar refractivity (Wildman–Crippen MR) is 116 cm³/mol. The van der Waals surface area contributed by atoms with Gasteiger partial charge < -0.3 is 15.2 Å². The fourth-order valence-electron chi connectivity index (χ4n) is 2.67. The summed E-state index contributed by atoms with van der Waals surface area (Å²) in [5.41, 5.74) is 1.99. The number of aryl methyl sites for hydroxylation is 1. The molecule has 0 saturated heterocycles. The minimum atomic E-state index is -0.504. The van der Waals surface area contributed by atoms with Crippen molar-refractivity contribution in [3.05, 3.63) is 75.6 Å². The molecule has 160 valence electrons. The van der Waals surface area contributed by atoms with E-state index in [1.807, 2.05) is 19.1 Å². The molecule has 2 N–H and O–H groups in total. The Morgan fingerprint density at radius 3 is 2.58 bits per heavy atom. The van der Waals surface area contributed by atoms with Crippen LogP contribution in [0.15, 0.2) is 53.7 Å². The predicted octanol–water partition coefficient (Wildman–Crippen LogP) is 2.69. The van der Waals surface area contributed by atoms with Crippen LogP contribution in [0.4, 0.5) is 11.4 Å². The highest BCUT2D eigenvalue weighted by Crippen LogP contribution is 2.18. The molecule has 0 saturated carbocycles. The number of nitrogens with one attached hydrogen (secondary N) is 2. The van der Waals surface area contributed by atoms with E-state index in [1.165, 1.54) is 36.0 Å². The van der Waals surface area contributed by atoms with Crippen LogP contribution < -0.4 is 10.6 Å². The zero-order valence-electron chi connectivity index (χ0n) is 16.9. The number of non-ortho nitro benzene ring substituents is 1. The standard InChI is InChI=1S/C20H20N6O4S/c1-13-4-3-5-14(10-13)19(28)21-11-17-23-24-20(25(17)2)31-12-18(27)22-15-6-8-16(9-7-15)26(29)30/h3-10H,11-12H2,1-2H3,(H,21,28)(H,22,27). The number of aromatic nitrogens is 3. The van der Waals surface area contributed by atoms with Gasteiger partial charge in [-0.2, -0.15) is 0 Å². The Balaban J connectivity index is 1.51. The summed E-state index contributed by atoms with van der Waals surface area (Å²) in [6.45, 7) is 2.12. The Morgan fingerprint density at radius 1 is 1.16 bits per heavy atom. The largest absolute Gasteiger partial charge is 0.345 e. The van der Waals surface area contributed by atoms with Crippen LogP contribution in [-0.2, 0) is 18.4 Å². The molecular formula is C20H20N6O4S. The van der Waals surface area contributed by atoms with Gasteiger partial charge in [-0.3, -0.25) is 19.7 Å². The number of rotatable bonds is 8. The number of benzene rings is 2. The summed E-state index contributed by atoms with van der Waals surface area (Å²) in [7, 11) is 1.75. The molecule has 0 aliphatic carbocycles. The van der Waals surface area contributed by atoms with Crippen molar-refractivity contribution >= 4 is 35.0 Å². The molecule has 3 rings (SSSR count). The first-order valence-corrected chi connectivity index (χ1v) is 10.2. The molecule has 0 atom stereocenters. The number of nitro groups is 1. The summed E-state index contributed by atoms with van der Waals surface area (Å²) >= 11 is 1.19. The van der Waals surface area contributed by atoms with Gasteiger partial charge in [-0.25, -0.2) is 0 Å². The van der Waals surface area contributed by atoms with E-state index >= 15 is 0 Å². The topological polar surface area (TPSA) is 132 Å². The van der Waals surface area contributed by atoms with E-state index < -0.39 is 4.92 Å². The van der Waals surface area contributed by atoms with E-state index in [-0.39, 0.29) is 29.8 Å². The molecule has 2 aromatic carbocycles. The summed E-state index contributed by atoms with van der Waals surface area (Å²) < 4.78 is 1.71. The monoisotopic (exact) mass is 440 g/mol. The van der Waals surface area contributed by atoms with Crippen LogP contribution in [-0.4, -0.2) is 37.3 Å². The fraction of sp³-hybridized carbons (Fsp3) is 0.200. The molecule has 0 fully saturated rings. The van der Waals surface area contributed by atoms with Gasteiger partial charge in [0.2, 0.25) is 5.91 Å². The number of amides is 2. The Hall–Kier alpha value is -3.73. The normalized spacial score (nSPS) is 10.5. The van der Waals surface area contributed by atoms with Crippen LogP contribution in [0.1, 0.15) is 21.7 Å². The first kappa shape index (κ1) is 22.0. The fourth-order valence-corrected chi connectivity index (χ4v) is 3.40. The quantitative estimate of drug-likeness (QED) is 0.313. The highest BCUT2D eigenvalue weighted by atomic mass is 32.2. The van der Waals surface area contributed by atoms with Crippen LogP contribution >= 0.6 is 11.8 Å². The van der Waals surface area contributed by atoms with E-state index in [4.69, 9.17) is 0 Å². The van der Waals surface area contributed by atoms with Gasteiger partial charge in [0.05, 0.1) is 17.2 Å². The van der Waals surface area contributed by atoms with Gasteiger partial charge in [-0.15, -0.1) is 10.2 Å². The van der Waals surface area contributed by atoms with Crippen molar-refractivity contribution in [1.29, 1.82) is 0 Å². The van der Waals surface area contributed by atoms with Crippen molar-refractivity contribution in [3.8, 4) is 0 Å². The van der Waals surface area contributed by atoms with E-state index in [1.54, 1.807) is 23.7 Å². The second-order valence-electron chi connectivity index (χ2n) is 6.65. The molecule has 0 spiro atoms. The zero-order valence-corrected chi connectivity index (χ0v) is 17.7. The van der Waals surface area contributed by atoms with Crippen LogP contribution in [0, 0.1) is 17.0 Å². The van der Waals surface area contributed by atoms with Crippen molar-refractivity contribution < 1.29 is 14.5 Å². The van der Waals surface area contributed by atoms with E-state index in [0.29, 0.717) is 22.2 Å². The van der Waals surface area contributed by atoms with Gasteiger partial charge in [0.1, 0.15) is 0 Å². The second kappa shape index (κ2) is 9.85. The number of carbonyl (C=O) groups is 2. The van der Waals surface area contributed by atoms with Gasteiger partial charge in [-0.1, -0.05) is 29.5 Å². The van der Waals surface area contributed by atoms with E-state index in [2.05, 4.69) is 20.8 Å². The molecule has 10 nitrogen and oxygen atoms in total. The lowest BCUT2D eigenvalue weighted by atomic mass is 10.1. The maximum absolute atomic E-state index is 12.3. The third-order valence-corrected chi connectivity index (χ3v) is 5.33. The third kappa shape index (κ3) is 5.89. The molecule has 0 aliphatic heterocycles. The molecule has 0 aliphatic rings. The number of hydrogen-bond donors (Lipinski definition) is 2. The van der Waals surface area contributed by atoms with E-state index in [0.717, 1.165) is 5.56 Å². The van der Waals surface area contributed by atoms with Crippen molar-refractivity contribution in [2.45, 2.75) is 18.6 Å². The van der Waals surface area contributed by atoms with Gasteiger partial charge in [0.25, 0.3) is 11.6 Å². The summed E-state index contributed by atoms with van der Waals surface area (Å²) in [5.74, 6) is 0.150. The molecule has 0 radical (unpaired) electrons. The molecule has 11 heteroatoms. The number of nitro benzene ring substituents is 1. The Kier molecular flexibility index (Phi) is 6.98. The highest BCUT2D eigenvalue weighted by Gasteiger charge is 2.13. The van der Waals surface area contributed by atoms with Gasteiger partial charge in [0.15, 0.2) is 11.0 Å². The summed E-state index contributed by atoms with van der Waals surface area (Å²) in [6.07, 6.45) is 0. The van der Waals surface area contributed by atoms with Crippen LogP contribution in [0.2, 0.25) is 0 Å². The molecule has 1 aromatic heterocycles. The highest BCUT2D eigenvalue weighted by molar-refractivity contribution is 7.99. The molecule has 2 amide bonds. The van der Waals surface area contributed by atoms with Crippen molar-refractivity contribution in [1.82, 2.24) is 20.1 Å². The lowest BCUT2D eigenvalue weighted by molar-refractivity contribution is -0.384. The molecule has 3 aromatic rings. The van der Waals surface area contributed by atoms with Crippen LogP contribution in [0.25, 0.3) is 0 Å². The number of thioether (sulfide) groups is 1. The summed E-state index contributed by atoms with van der Waals surface area (Å²) in [5, 5.41) is 24.8. The number of anilines is 1. The lowest BCUT2D eigenvalue weighted by Gasteiger charge is -2.07. The lowest BCUT2D eigenvalue weighted by Crippen LogP contribution is -2.24. The number of nitrogens with zero attached hydrogens (tertiary/aromatic N) is 4. The van der Waals surface area contributed by atoms with Gasteiger partial charge in [-0.05, 0) is 31.2 Å². The Labute approximate surface area is 182 Å². The Morgan fingerprint density at radius 2 is 1.90 bits per heavy atom. The SMILES string of the molecule is Cc1cccc(C(=O)NCc2nnc(SCC(=O)Nc3ccc([N+](=O)[O-])cc3)n2C)c1. The smallest absolute Gasteiger partial charge is 0.269 e. The average Bonchev–Trinajstić information content (AvgIpc) is 3.10. The second-order valence-corrected chi connectivity index (χ2v) is 7.59. The first-order chi connectivity index (χ1) is 14.8.